The second kappa shape index (κ2) is 1.61. The van der Waals surface area contributed by atoms with E-state index in [0.717, 1.165) is 0 Å². The van der Waals surface area contributed by atoms with Gasteiger partial charge < -0.3 is 4.74 Å². The number of nitrogens with zero attached hydrogens (tertiary/aromatic N) is 1. The average Bonchev–Trinajstić information content (AvgIpc) is 2.17. The third kappa shape index (κ3) is 0.728. The van der Waals surface area contributed by atoms with Gasteiger partial charge in [0.05, 0.1) is 6.61 Å². The number of rotatable bonds is 0. The van der Waals surface area contributed by atoms with Crippen molar-refractivity contribution in [2.24, 2.45) is 0 Å². The van der Waals surface area contributed by atoms with Gasteiger partial charge in [-0.2, -0.15) is 5.26 Å². The summed E-state index contributed by atoms with van der Waals surface area (Å²) in [4.78, 5) is 0. The van der Waals surface area contributed by atoms with Gasteiger partial charge in [-0.3, -0.25) is 0 Å². The highest BCUT2D eigenvalue weighted by Gasteiger charge is 2.23. The fraction of sp³-hybridized carbons (Fsp3) is 0.500. The first-order valence-corrected chi connectivity index (χ1v) is 2.50. The molecule has 0 spiro atoms. The van der Waals surface area contributed by atoms with Crippen molar-refractivity contribution in [2.45, 2.75) is 12.5 Å². The Hall–Kier alpha value is -0.810. The lowest BCUT2D eigenvalue weighted by Crippen LogP contribution is -2.18. The van der Waals surface area contributed by atoms with Gasteiger partial charge in [-0.15, -0.1) is 0 Å². The van der Waals surface area contributed by atoms with Crippen molar-refractivity contribution in [1.82, 2.24) is 0 Å². The third-order valence-corrected chi connectivity index (χ3v) is 1.14. The first-order valence-electron chi connectivity index (χ1n) is 2.50. The van der Waals surface area contributed by atoms with Gasteiger partial charge in [0.15, 0.2) is 5.60 Å². The number of ether oxygens (including phenoxy) is 1. The zero-order valence-corrected chi connectivity index (χ0v) is 4.72. The Morgan fingerprint density at radius 3 is 2.88 bits per heavy atom. The van der Waals surface area contributed by atoms with Crippen LogP contribution in [0.2, 0.25) is 0 Å². The predicted octanol–water partition coefficient (Wildman–Crippen LogP) is 0.855. The molecule has 8 heavy (non-hydrogen) atoms. The van der Waals surface area contributed by atoms with Gasteiger partial charge in [0.2, 0.25) is 0 Å². The van der Waals surface area contributed by atoms with Crippen LogP contribution in [-0.4, -0.2) is 12.2 Å². The first-order chi connectivity index (χ1) is 3.77. The van der Waals surface area contributed by atoms with Crippen molar-refractivity contribution in [2.75, 3.05) is 6.61 Å². The molecule has 1 rings (SSSR count). The van der Waals surface area contributed by atoms with Crippen LogP contribution in [0.25, 0.3) is 0 Å². The number of hydrogen-bond donors (Lipinski definition) is 0. The maximum Gasteiger partial charge on any atom is 0.170 e. The van der Waals surface area contributed by atoms with E-state index in [1.807, 2.05) is 12.1 Å². The predicted molar refractivity (Wildman–Crippen MR) is 29.1 cm³/mol. The summed E-state index contributed by atoms with van der Waals surface area (Å²) in [7, 11) is 0. The molecule has 1 unspecified atom stereocenters. The summed E-state index contributed by atoms with van der Waals surface area (Å²) in [5.41, 5.74) is -0.639. The van der Waals surface area contributed by atoms with Crippen LogP contribution in [0.1, 0.15) is 6.92 Å². The highest BCUT2D eigenvalue weighted by atomic mass is 16.5. The molecule has 0 bridgehead atoms. The molecule has 1 heterocycles. The molecule has 0 aromatic heterocycles. The summed E-state index contributed by atoms with van der Waals surface area (Å²) in [6, 6.07) is 2.03. The third-order valence-electron chi connectivity index (χ3n) is 1.14. The zero-order valence-electron chi connectivity index (χ0n) is 4.72. The van der Waals surface area contributed by atoms with Gasteiger partial charge >= 0.3 is 0 Å². The van der Waals surface area contributed by atoms with Crippen LogP contribution in [0.5, 0.6) is 0 Å². The van der Waals surface area contributed by atoms with Crippen LogP contribution >= 0.6 is 0 Å². The van der Waals surface area contributed by atoms with E-state index in [-0.39, 0.29) is 0 Å². The summed E-state index contributed by atoms with van der Waals surface area (Å²) in [5.74, 6) is 0. The molecule has 1 aliphatic heterocycles. The second-order valence-corrected chi connectivity index (χ2v) is 1.93. The molecule has 2 heteroatoms. The smallest absolute Gasteiger partial charge is 0.170 e. The molecule has 2 nitrogen and oxygen atoms in total. The first kappa shape index (κ1) is 5.33. The van der Waals surface area contributed by atoms with Crippen LogP contribution in [0.15, 0.2) is 12.2 Å². The molecule has 0 fully saturated rings. The molecule has 0 saturated heterocycles. The fourth-order valence-corrected chi connectivity index (χ4v) is 0.612. The fourth-order valence-electron chi connectivity index (χ4n) is 0.612. The minimum atomic E-state index is -0.639. The van der Waals surface area contributed by atoms with Crippen molar-refractivity contribution in [3.05, 3.63) is 12.2 Å². The second-order valence-electron chi connectivity index (χ2n) is 1.93. The lowest BCUT2D eigenvalue weighted by molar-refractivity contribution is 0.0871. The normalized spacial score (nSPS) is 35.0. The highest BCUT2D eigenvalue weighted by molar-refractivity contribution is 5.17. The van der Waals surface area contributed by atoms with E-state index in [1.54, 1.807) is 13.0 Å². The van der Waals surface area contributed by atoms with E-state index in [0.29, 0.717) is 6.61 Å². The molecule has 1 aliphatic rings. The molecule has 42 valence electrons. The maximum absolute atomic E-state index is 8.40. The molecular formula is C6H7NO. The van der Waals surface area contributed by atoms with Gasteiger partial charge in [0, 0.05) is 0 Å². The van der Waals surface area contributed by atoms with E-state index in [1.165, 1.54) is 0 Å². The Morgan fingerprint density at radius 2 is 2.62 bits per heavy atom. The molecular weight excluding hydrogens is 102 g/mol. The van der Waals surface area contributed by atoms with E-state index >= 15 is 0 Å². The highest BCUT2D eigenvalue weighted by Crippen LogP contribution is 2.15. The van der Waals surface area contributed by atoms with Gasteiger partial charge in [0.1, 0.15) is 6.07 Å². The van der Waals surface area contributed by atoms with Gasteiger partial charge in [-0.05, 0) is 13.0 Å². The van der Waals surface area contributed by atoms with Gasteiger partial charge in [-0.1, -0.05) is 6.08 Å². The number of hydrogen-bond acceptors (Lipinski definition) is 2. The lowest BCUT2D eigenvalue weighted by atomic mass is 10.1. The molecule has 0 N–H and O–H groups in total. The monoisotopic (exact) mass is 109 g/mol. The molecule has 1 atom stereocenters. The Kier molecular flexibility index (Phi) is 1.07. The Balaban J connectivity index is 2.72. The molecule has 0 aromatic carbocycles. The zero-order chi connectivity index (χ0) is 6.04. The topological polar surface area (TPSA) is 33.0 Å². The van der Waals surface area contributed by atoms with Crippen molar-refractivity contribution < 1.29 is 4.74 Å². The van der Waals surface area contributed by atoms with Crippen LogP contribution in [0.4, 0.5) is 0 Å². The summed E-state index contributed by atoms with van der Waals surface area (Å²) in [6.45, 7) is 2.32. The minimum Gasteiger partial charge on any atom is -0.353 e. The summed E-state index contributed by atoms with van der Waals surface area (Å²) in [6.07, 6.45) is 3.62. The van der Waals surface area contributed by atoms with Crippen molar-refractivity contribution in [3.63, 3.8) is 0 Å². The Labute approximate surface area is 48.4 Å². The number of nitriles is 1. The van der Waals surface area contributed by atoms with Crippen LogP contribution in [-0.2, 0) is 4.74 Å². The van der Waals surface area contributed by atoms with Crippen molar-refractivity contribution in [1.29, 1.82) is 5.26 Å². The SMILES string of the molecule is CC1(C#N)C=CCO1. The summed E-state index contributed by atoms with van der Waals surface area (Å²) in [5, 5.41) is 8.40. The van der Waals surface area contributed by atoms with E-state index in [9.17, 15) is 0 Å². The standard InChI is InChI=1S/C6H7NO/c1-6(5-7)3-2-4-8-6/h2-3H,4H2,1H3. The average molecular weight is 109 g/mol. The molecule has 0 amide bonds. The minimum absolute atomic E-state index is 0.573. The molecule has 0 saturated carbocycles. The van der Waals surface area contributed by atoms with Crippen LogP contribution in [0, 0.1) is 11.3 Å². The quantitative estimate of drug-likeness (QED) is 0.432. The lowest BCUT2D eigenvalue weighted by Gasteiger charge is -2.09. The molecule has 0 aromatic rings. The largest absolute Gasteiger partial charge is 0.353 e. The molecule has 0 radical (unpaired) electrons. The summed E-state index contributed by atoms with van der Waals surface area (Å²) < 4.78 is 5.02. The van der Waals surface area contributed by atoms with Gasteiger partial charge in [-0.25, -0.2) is 0 Å². The summed E-state index contributed by atoms with van der Waals surface area (Å²) >= 11 is 0. The molecule has 0 aliphatic carbocycles. The van der Waals surface area contributed by atoms with Crippen LogP contribution < -0.4 is 0 Å². The Morgan fingerprint density at radius 1 is 1.88 bits per heavy atom. The van der Waals surface area contributed by atoms with E-state index < -0.39 is 5.60 Å². The van der Waals surface area contributed by atoms with E-state index in [4.69, 9.17) is 10.00 Å². The van der Waals surface area contributed by atoms with Crippen LogP contribution in [0.3, 0.4) is 0 Å². The van der Waals surface area contributed by atoms with Crippen molar-refractivity contribution in [3.8, 4) is 6.07 Å². The Bertz CT molecular complexity index is 156. The van der Waals surface area contributed by atoms with Gasteiger partial charge in [0.25, 0.3) is 0 Å². The van der Waals surface area contributed by atoms with E-state index in [2.05, 4.69) is 0 Å². The van der Waals surface area contributed by atoms with Crippen molar-refractivity contribution >= 4 is 0 Å². The maximum atomic E-state index is 8.40.